The number of nitrogens with zero attached hydrogens (tertiary/aromatic N) is 4. The second kappa shape index (κ2) is 10.1. The van der Waals surface area contributed by atoms with Crippen LogP contribution in [0, 0.1) is 12.7 Å². The predicted octanol–water partition coefficient (Wildman–Crippen LogP) is 4.25. The Balaban J connectivity index is 1.58. The lowest BCUT2D eigenvalue weighted by Gasteiger charge is -2.12. The van der Waals surface area contributed by atoms with Crippen LogP contribution in [0.3, 0.4) is 0 Å². The maximum Gasteiger partial charge on any atom is 0.264 e. The van der Waals surface area contributed by atoms with Gasteiger partial charge in [0, 0.05) is 22.8 Å². The first-order valence-corrected chi connectivity index (χ1v) is 12.6. The van der Waals surface area contributed by atoms with E-state index in [9.17, 15) is 12.8 Å². The van der Waals surface area contributed by atoms with Crippen molar-refractivity contribution in [2.45, 2.75) is 18.2 Å². The number of benzene rings is 2. The van der Waals surface area contributed by atoms with Crippen molar-refractivity contribution in [3.8, 4) is 17.3 Å². The van der Waals surface area contributed by atoms with E-state index in [1.54, 1.807) is 24.3 Å². The topological polar surface area (TPSA) is 113 Å². The Bertz CT molecular complexity index is 1460. The fraction of sp³-hybridized carbons (Fsp3) is 0.261. The monoisotopic (exact) mass is 518 g/mol. The zero-order valence-electron chi connectivity index (χ0n) is 19.3. The molecule has 0 amide bonds. The number of aromatic nitrogens is 4. The Morgan fingerprint density at radius 1 is 1.14 bits per heavy atom. The van der Waals surface area contributed by atoms with Crippen LogP contribution in [0.25, 0.3) is 22.4 Å². The molecule has 0 bridgehead atoms. The smallest absolute Gasteiger partial charge is 0.264 e. The fourth-order valence-corrected chi connectivity index (χ4v) is 4.80. The molecule has 0 unspecified atom stereocenters. The lowest BCUT2D eigenvalue weighted by Crippen LogP contribution is -2.16. The minimum atomic E-state index is -4.17. The van der Waals surface area contributed by atoms with E-state index in [-0.39, 0.29) is 10.7 Å². The Labute approximate surface area is 207 Å². The van der Waals surface area contributed by atoms with E-state index in [0.29, 0.717) is 34.9 Å². The highest BCUT2D eigenvalue weighted by molar-refractivity contribution is 7.92. The third-order valence-corrected chi connectivity index (χ3v) is 6.77. The summed E-state index contributed by atoms with van der Waals surface area (Å²) in [6.45, 7) is 3.20. The quantitative estimate of drug-likeness (QED) is 0.318. The Kier molecular flexibility index (Phi) is 7.20. The molecule has 184 valence electrons. The van der Waals surface area contributed by atoms with Crippen LogP contribution in [0.1, 0.15) is 12.1 Å². The number of nitrogens with one attached hydrogen (secondary N) is 2. The zero-order valence-corrected chi connectivity index (χ0v) is 20.9. The normalized spacial score (nSPS) is 11.8. The summed E-state index contributed by atoms with van der Waals surface area (Å²) >= 11 is 5.83. The largest absolute Gasteiger partial charge is 0.477 e. The third kappa shape index (κ3) is 5.69. The summed E-state index contributed by atoms with van der Waals surface area (Å²) in [5.74, 6) is -0.0801. The standard InChI is InChI=1S/C23H24ClFN6O3S/c1-14-20-22(29-28-14)26-21(27-23(20)34-12-4-11-31(2)3)15-5-8-17(9-6-15)30-35(32,33)19-13-16(24)7-10-18(19)25/h5-10,13,30H,4,11-12H2,1-3H3,(H,26,27,28,29). The number of anilines is 1. The van der Waals surface area contributed by atoms with Crippen molar-refractivity contribution >= 4 is 38.3 Å². The number of aromatic amines is 1. The van der Waals surface area contributed by atoms with Gasteiger partial charge in [-0.15, -0.1) is 0 Å². The number of hydrogen-bond donors (Lipinski definition) is 2. The SMILES string of the molecule is Cc1n[nH]c2nc(-c3ccc(NS(=O)(=O)c4cc(Cl)ccc4F)cc3)nc(OCCCN(C)C)c12. The average molecular weight is 519 g/mol. The number of fused-ring (bicyclic) bond motifs is 1. The molecular weight excluding hydrogens is 495 g/mol. The van der Waals surface area contributed by atoms with Gasteiger partial charge in [-0.1, -0.05) is 11.6 Å². The maximum absolute atomic E-state index is 14.1. The van der Waals surface area contributed by atoms with Gasteiger partial charge in [-0.3, -0.25) is 9.82 Å². The number of halogens is 2. The highest BCUT2D eigenvalue weighted by Crippen LogP contribution is 2.29. The van der Waals surface area contributed by atoms with Crippen molar-refractivity contribution in [1.29, 1.82) is 0 Å². The Morgan fingerprint density at radius 2 is 1.89 bits per heavy atom. The number of H-pyrrole nitrogens is 1. The summed E-state index contributed by atoms with van der Waals surface area (Å²) in [5, 5.41) is 7.93. The van der Waals surface area contributed by atoms with E-state index in [4.69, 9.17) is 16.3 Å². The van der Waals surface area contributed by atoms with Crippen molar-refractivity contribution in [3.63, 3.8) is 0 Å². The van der Waals surface area contributed by atoms with Crippen molar-refractivity contribution in [2.75, 3.05) is 32.0 Å². The van der Waals surface area contributed by atoms with Crippen LogP contribution >= 0.6 is 11.6 Å². The third-order valence-electron chi connectivity index (χ3n) is 5.13. The molecule has 2 N–H and O–H groups in total. The Hall–Kier alpha value is -3.28. The van der Waals surface area contributed by atoms with Gasteiger partial charge in [0.05, 0.1) is 12.3 Å². The van der Waals surface area contributed by atoms with Crippen LogP contribution < -0.4 is 9.46 Å². The molecule has 4 aromatic rings. The molecule has 0 aliphatic heterocycles. The van der Waals surface area contributed by atoms with Gasteiger partial charge >= 0.3 is 0 Å². The van der Waals surface area contributed by atoms with Crippen molar-refractivity contribution in [1.82, 2.24) is 25.1 Å². The van der Waals surface area contributed by atoms with E-state index < -0.39 is 20.7 Å². The molecule has 0 aliphatic rings. The molecule has 4 rings (SSSR count). The van der Waals surface area contributed by atoms with Gasteiger partial charge in [0.1, 0.15) is 16.1 Å². The summed E-state index contributed by atoms with van der Waals surface area (Å²) in [6, 6.07) is 9.74. The minimum absolute atomic E-state index is 0.114. The first-order chi connectivity index (χ1) is 16.6. The van der Waals surface area contributed by atoms with Crippen LogP contribution in [0.2, 0.25) is 5.02 Å². The fourth-order valence-electron chi connectivity index (χ4n) is 3.40. The van der Waals surface area contributed by atoms with Crippen LogP contribution in [-0.4, -0.2) is 60.7 Å². The predicted molar refractivity (Wildman–Crippen MR) is 133 cm³/mol. The number of rotatable bonds is 9. The van der Waals surface area contributed by atoms with Gasteiger partial charge in [-0.25, -0.2) is 17.8 Å². The molecule has 12 heteroatoms. The molecule has 0 atom stereocenters. The average Bonchev–Trinajstić information content (AvgIpc) is 3.19. The molecular formula is C23H24ClFN6O3S. The zero-order chi connectivity index (χ0) is 25.2. The molecule has 2 aromatic carbocycles. The van der Waals surface area contributed by atoms with E-state index in [2.05, 4.69) is 29.8 Å². The molecule has 0 saturated heterocycles. The minimum Gasteiger partial charge on any atom is -0.477 e. The summed E-state index contributed by atoms with van der Waals surface area (Å²) in [4.78, 5) is 10.7. The van der Waals surface area contributed by atoms with Gasteiger partial charge in [0.2, 0.25) is 5.88 Å². The highest BCUT2D eigenvalue weighted by Gasteiger charge is 2.20. The highest BCUT2D eigenvalue weighted by atomic mass is 35.5. The van der Waals surface area contributed by atoms with Crippen LogP contribution in [0.4, 0.5) is 10.1 Å². The van der Waals surface area contributed by atoms with Crippen molar-refractivity contribution in [2.24, 2.45) is 0 Å². The molecule has 0 spiro atoms. The summed E-state index contributed by atoms with van der Waals surface area (Å²) in [5.41, 5.74) is 2.14. The second-order valence-corrected chi connectivity index (χ2v) is 10.2. The van der Waals surface area contributed by atoms with Crippen molar-refractivity contribution in [3.05, 3.63) is 59.0 Å². The van der Waals surface area contributed by atoms with Crippen LogP contribution in [0.5, 0.6) is 5.88 Å². The number of ether oxygens (including phenoxy) is 1. The lowest BCUT2D eigenvalue weighted by molar-refractivity contribution is 0.276. The summed E-state index contributed by atoms with van der Waals surface area (Å²) in [7, 11) is -0.180. The number of hydrogen-bond acceptors (Lipinski definition) is 7. The summed E-state index contributed by atoms with van der Waals surface area (Å²) < 4.78 is 47.6. The molecule has 0 saturated carbocycles. The summed E-state index contributed by atoms with van der Waals surface area (Å²) in [6.07, 6.45) is 0.826. The molecule has 0 radical (unpaired) electrons. The molecule has 2 heterocycles. The van der Waals surface area contributed by atoms with E-state index >= 15 is 0 Å². The lowest BCUT2D eigenvalue weighted by atomic mass is 10.2. The Morgan fingerprint density at radius 3 is 2.60 bits per heavy atom. The number of sulfonamides is 1. The van der Waals surface area contributed by atoms with Crippen LogP contribution in [0.15, 0.2) is 47.4 Å². The molecule has 0 aliphatic carbocycles. The van der Waals surface area contributed by atoms with Gasteiger partial charge in [-0.05, 0) is 69.9 Å². The van der Waals surface area contributed by atoms with Crippen LogP contribution in [-0.2, 0) is 10.0 Å². The van der Waals surface area contributed by atoms with Gasteiger partial charge in [-0.2, -0.15) is 10.1 Å². The number of aryl methyl sites for hydroxylation is 1. The van der Waals surface area contributed by atoms with E-state index in [1.807, 2.05) is 21.0 Å². The first-order valence-electron chi connectivity index (χ1n) is 10.7. The maximum atomic E-state index is 14.1. The van der Waals surface area contributed by atoms with Gasteiger partial charge < -0.3 is 9.64 Å². The molecule has 9 nitrogen and oxygen atoms in total. The molecule has 2 aromatic heterocycles. The second-order valence-electron chi connectivity index (χ2n) is 8.15. The van der Waals surface area contributed by atoms with E-state index in [1.165, 1.54) is 6.07 Å². The van der Waals surface area contributed by atoms with Crippen molar-refractivity contribution < 1.29 is 17.5 Å². The van der Waals surface area contributed by atoms with E-state index in [0.717, 1.165) is 30.8 Å². The first kappa shape index (κ1) is 24.8. The van der Waals surface area contributed by atoms with Gasteiger partial charge in [0.15, 0.2) is 11.5 Å². The molecule has 35 heavy (non-hydrogen) atoms. The van der Waals surface area contributed by atoms with Gasteiger partial charge in [0.25, 0.3) is 10.0 Å². The molecule has 0 fully saturated rings.